The lowest BCUT2D eigenvalue weighted by Gasteiger charge is -2.31. The fourth-order valence-electron chi connectivity index (χ4n) is 3.69. The molecule has 0 spiro atoms. The molecule has 0 heterocycles. The molecule has 180 valence electrons. The Bertz CT molecular complexity index is 1070. The van der Waals surface area contributed by atoms with Crippen LogP contribution < -0.4 is 9.62 Å². The normalized spacial score (nSPS) is 12.2. The average Bonchev–Trinajstić information content (AvgIpc) is 2.77. The Morgan fingerprint density at radius 1 is 1.09 bits per heavy atom. The Morgan fingerprint density at radius 3 is 2.30 bits per heavy atom. The van der Waals surface area contributed by atoms with Gasteiger partial charge in [0.15, 0.2) is 0 Å². The van der Waals surface area contributed by atoms with Crippen LogP contribution in [0.25, 0.3) is 0 Å². The smallest absolute Gasteiger partial charge is 0.242 e. The fraction of sp³-hybridized carbons (Fsp3) is 0.417. The molecule has 2 amide bonds. The first kappa shape index (κ1) is 26.3. The van der Waals surface area contributed by atoms with Gasteiger partial charge < -0.3 is 10.2 Å². The van der Waals surface area contributed by atoms with Crippen LogP contribution in [0.2, 0.25) is 0 Å². The second-order valence-electron chi connectivity index (χ2n) is 7.88. The summed E-state index contributed by atoms with van der Waals surface area (Å²) in [4.78, 5) is 27.2. The minimum atomic E-state index is -3.75. The summed E-state index contributed by atoms with van der Waals surface area (Å²) in [5, 5.41) is 2.61. The summed E-state index contributed by atoms with van der Waals surface area (Å²) in [6, 6.07) is 12.6. The number of anilines is 1. The van der Waals surface area contributed by atoms with Crippen LogP contribution in [0.15, 0.2) is 48.5 Å². The number of amides is 2. The number of carbonyl (C=O) groups excluding carboxylic acids is 2. The minimum absolute atomic E-state index is 0.0137. The molecule has 0 saturated heterocycles. The van der Waals surface area contributed by atoms with Gasteiger partial charge in [0.25, 0.3) is 0 Å². The van der Waals surface area contributed by atoms with Gasteiger partial charge in [-0.1, -0.05) is 43.3 Å². The Morgan fingerprint density at radius 2 is 1.73 bits per heavy atom. The van der Waals surface area contributed by atoms with Crippen LogP contribution in [0, 0.1) is 12.7 Å². The Balaban J connectivity index is 2.21. The highest BCUT2D eigenvalue weighted by Crippen LogP contribution is 2.22. The maximum absolute atomic E-state index is 14.2. The second-order valence-corrected chi connectivity index (χ2v) is 9.78. The molecule has 0 aliphatic carbocycles. The van der Waals surface area contributed by atoms with Gasteiger partial charge in [0, 0.05) is 26.6 Å². The van der Waals surface area contributed by atoms with Crippen molar-refractivity contribution in [3.63, 3.8) is 0 Å². The van der Waals surface area contributed by atoms with Crippen molar-refractivity contribution in [1.29, 1.82) is 0 Å². The van der Waals surface area contributed by atoms with E-state index in [-0.39, 0.29) is 43.4 Å². The molecular weight excluding hydrogens is 445 g/mol. The van der Waals surface area contributed by atoms with E-state index in [2.05, 4.69) is 5.32 Å². The number of carbonyl (C=O) groups is 2. The number of para-hydroxylation sites is 1. The SMILES string of the molecule is CC[C@H](C(=O)NC)N(Cc1ccccc1C)C(=O)CCCN(c1ccccc1F)S(C)(=O)=O. The number of nitrogens with one attached hydrogen (secondary N) is 1. The highest BCUT2D eigenvalue weighted by molar-refractivity contribution is 7.92. The first-order valence-corrected chi connectivity index (χ1v) is 12.7. The lowest BCUT2D eigenvalue weighted by Crippen LogP contribution is -2.48. The van der Waals surface area contributed by atoms with Gasteiger partial charge in [-0.25, -0.2) is 12.8 Å². The van der Waals surface area contributed by atoms with E-state index >= 15 is 0 Å². The third-order valence-corrected chi connectivity index (χ3v) is 6.69. The summed E-state index contributed by atoms with van der Waals surface area (Å²) < 4.78 is 39.7. The number of aryl methyl sites for hydroxylation is 1. The Hall–Kier alpha value is -2.94. The van der Waals surface area contributed by atoms with Gasteiger partial charge in [-0.05, 0) is 43.0 Å². The number of benzene rings is 2. The van der Waals surface area contributed by atoms with E-state index < -0.39 is 21.9 Å². The Labute approximate surface area is 195 Å². The van der Waals surface area contributed by atoms with E-state index in [1.54, 1.807) is 6.07 Å². The minimum Gasteiger partial charge on any atom is -0.357 e. The van der Waals surface area contributed by atoms with Crippen LogP contribution in [0.4, 0.5) is 10.1 Å². The summed E-state index contributed by atoms with van der Waals surface area (Å²) in [7, 11) is -2.22. The van der Waals surface area contributed by atoms with Crippen LogP contribution in [-0.4, -0.2) is 51.0 Å². The molecule has 1 N–H and O–H groups in total. The monoisotopic (exact) mass is 477 g/mol. The van der Waals surface area contributed by atoms with Crippen LogP contribution in [0.1, 0.15) is 37.3 Å². The number of halogens is 1. The van der Waals surface area contributed by atoms with Gasteiger partial charge in [0.05, 0.1) is 11.9 Å². The highest BCUT2D eigenvalue weighted by atomic mass is 32.2. The molecule has 2 aromatic rings. The van der Waals surface area contributed by atoms with Crippen molar-refractivity contribution >= 4 is 27.5 Å². The molecule has 2 rings (SSSR count). The number of hydrogen-bond donors (Lipinski definition) is 1. The van der Waals surface area contributed by atoms with Crippen molar-refractivity contribution in [2.45, 2.75) is 45.7 Å². The van der Waals surface area contributed by atoms with Gasteiger partial charge >= 0.3 is 0 Å². The third-order valence-electron chi connectivity index (χ3n) is 5.51. The predicted octanol–water partition coefficient (Wildman–Crippen LogP) is 3.23. The first-order chi connectivity index (χ1) is 15.6. The standard InChI is InChI=1S/C24H32FN3O4S/c1-5-21(24(30)26-3)27(17-19-12-7-6-11-18(19)2)23(29)15-10-16-28(33(4,31)32)22-14-9-8-13-20(22)25/h6-9,11-14,21H,5,10,15-17H2,1-4H3,(H,26,30)/t21-/m1/s1. The second kappa shape index (κ2) is 11.8. The van der Waals surface area contributed by atoms with Crippen molar-refractivity contribution in [2.75, 3.05) is 24.2 Å². The van der Waals surface area contributed by atoms with E-state index in [0.29, 0.717) is 6.42 Å². The van der Waals surface area contributed by atoms with Gasteiger partial charge in [-0.3, -0.25) is 13.9 Å². The van der Waals surface area contributed by atoms with Crippen molar-refractivity contribution in [2.24, 2.45) is 0 Å². The first-order valence-electron chi connectivity index (χ1n) is 10.9. The maximum atomic E-state index is 14.2. The molecule has 0 unspecified atom stereocenters. The number of likely N-dealkylation sites (N-methyl/N-ethyl adjacent to an activating group) is 1. The van der Waals surface area contributed by atoms with Crippen LogP contribution in [0.5, 0.6) is 0 Å². The van der Waals surface area contributed by atoms with E-state index in [1.165, 1.54) is 30.1 Å². The predicted molar refractivity (Wildman–Crippen MR) is 128 cm³/mol. The fourth-order valence-corrected chi connectivity index (χ4v) is 4.66. The average molecular weight is 478 g/mol. The summed E-state index contributed by atoms with van der Waals surface area (Å²) in [5.41, 5.74) is 1.88. The number of hydrogen-bond acceptors (Lipinski definition) is 4. The lowest BCUT2D eigenvalue weighted by atomic mass is 10.1. The van der Waals surface area contributed by atoms with E-state index in [1.807, 2.05) is 38.1 Å². The molecule has 0 aromatic heterocycles. The zero-order valence-corrected chi connectivity index (χ0v) is 20.4. The molecule has 0 aliphatic rings. The molecule has 7 nitrogen and oxygen atoms in total. The molecule has 33 heavy (non-hydrogen) atoms. The molecule has 0 aliphatic heterocycles. The summed E-state index contributed by atoms with van der Waals surface area (Å²) >= 11 is 0. The molecule has 9 heteroatoms. The molecule has 0 radical (unpaired) electrons. The van der Waals surface area contributed by atoms with Crippen LogP contribution >= 0.6 is 0 Å². The Kier molecular flexibility index (Phi) is 9.40. The highest BCUT2D eigenvalue weighted by Gasteiger charge is 2.28. The maximum Gasteiger partial charge on any atom is 0.242 e. The molecule has 1 atom stereocenters. The van der Waals surface area contributed by atoms with E-state index in [9.17, 15) is 22.4 Å². The van der Waals surface area contributed by atoms with Crippen molar-refractivity contribution in [1.82, 2.24) is 10.2 Å². The van der Waals surface area contributed by atoms with Crippen molar-refractivity contribution in [3.8, 4) is 0 Å². The van der Waals surface area contributed by atoms with Gasteiger partial charge in [0.2, 0.25) is 21.8 Å². The van der Waals surface area contributed by atoms with Crippen LogP contribution in [-0.2, 0) is 26.2 Å². The zero-order valence-electron chi connectivity index (χ0n) is 19.5. The molecule has 0 fully saturated rings. The van der Waals surface area contributed by atoms with E-state index in [0.717, 1.165) is 21.7 Å². The lowest BCUT2D eigenvalue weighted by molar-refractivity contribution is -0.141. The molecular formula is C24H32FN3O4S. The van der Waals surface area contributed by atoms with E-state index in [4.69, 9.17) is 0 Å². The number of sulfonamides is 1. The van der Waals surface area contributed by atoms with Gasteiger partial charge in [-0.15, -0.1) is 0 Å². The number of nitrogens with zero attached hydrogens (tertiary/aromatic N) is 2. The summed E-state index contributed by atoms with van der Waals surface area (Å²) in [6.07, 6.45) is 1.63. The van der Waals surface area contributed by atoms with Crippen molar-refractivity contribution < 1.29 is 22.4 Å². The summed E-state index contributed by atoms with van der Waals surface area (Å²) in [5.74, 6) is -1.18. The third kappa shape index (κ3) is 7.02. The summed E-state index contributed by atoms with van der Waals surface area (Å²) in [6.45, 7) is 3.99. The molecule has 0 bridgehead atoms. The molecule has 0 saturated carbocycles. The zero-order chi connectivity index (χ0) is 24.6. The largest absolute Gasteiger partial charge is 0.357 e. The molecule has 2 aromatic carbocycles. The van der Waals surface area contributed by atoms with Gasteiger partial charge in [-0.2, -0.15) is 0 Å². The van der Waals surface area contributed by atoms with Gasteiger partial charge in [0.1, 0.15) is 11.9 Å². The topological polar surface area (TPSA) is 86.8 Å². The quantitative estimate of drug-likeness (QED) is 0.538. The van der Waals surface area contributed by atoms with Crippen molar-refractivity contribution in [3.05, 3.63) is 65.5 Å². The number of rotatable bonds is 11. The van der Waals surface area contributed by atoms with Crippen LogP contribution in [0.3, 0.4) is 0 Å².